The molecule has 0 saturated heterocycles. The summed E-state index contributed by atoms with van der Waals surface area (Å²) < 4.78 is 6.20. The van der Waals surface area contributed by atoms with E-state index in [4.69, 9.17) is 4.74 Å². The molecule has 4 heteroatoms. The molecule has 1 aliphatic rings. The van der Waals surface area contributed by atoms with Crippen LogP contribution in [-0.4, -0.2) is 19.1 Å². The summed E-state index contributed by atoms with van der Waals surface area (Å²) in [6, 6.07) is 5.80. The van der Waals surface area contributed by atoms with Gasteiger partial charge in [-0.25, -0.2) is 0 Å². The molecule has 1 saturated carbocycles. The number of ether oxygens (including phenoxy) is 1. The van der Waals surface area contributed by atoms with Crippen LogP contribution in [0.3, 0.4) is 0 Å². The number of carbonyl (C=O) groups excluding carboxylic acids is 1. The Bertz CT molecular complexity index is 476. The van der Waals surface area contributed by atoms with Gasteiger partial charge < -0.3 is 10.1 Å². The van der Waals surface area contributed by atoms with Crippen LogP contribution in [-0.2, 0) is 0 Å². The van der Waals surface area contributed by atoms with Crippen LogP contribution in [0.5, 0.6) is 5.75 Å². The molecule has 1 aromatic rings. The lowest BCUT2D eigenvalue weighted by Gasteiger charge is -2.29. The third-order valence-corrected chi connectivity index (χ3v) is 4.60. The molecule has 3 nitrogen and oxygen atoms in total. The second kappa shape index (κ2) is 7.11. The van der Waals surface area contributed by atoms with Crippen LogP contribution in [0.15, 0.2) is 22.7 Å². The number of methoxy groups -OCH3 is 1. The molecule has 0 spiro atoms. The molecule has 1 amide bonds. The zero-order chi connectivity index (χ0) is 14.5. The third-order valence-electron chi connectivity index (χ3n) is 4.10. The predicted octanol–water partition coefficient (Wildman–Crippen LogP) is 4.16. The second-order valence-electron chi connectivity index (χ2n) is 5.46. The standard InChI is InChI=1S/C16H22BrNO2/c1-3-11-5-4-6-13(9-11)18-16(19)14-8-7-12(17)10-15(14)20-2/h7-8,10-11,13H,3-6,9H2,1-2H3,(H,18,19). The minimum Gasteiger partial charge on any atom is -0.496 e. The fraction of sp³-hybridized carbons (Fsp3) is 0.562. The Balaban J connectivity index is 2.04. The van der Waals surface area contributed by atoms with Crippen molar-refractivity contribution in [2.24, 2.45) is 5.92 Å². The van der Waals surface area contributed by atoms with Crippen molar-refractivity contribution in [3.8, 4) is 5.75 Å². The normalized spacial score (nSPS) is 22.4. The van der Waals surface area contributed by atoms with E-state index in [2.05, 4.69) is 28.2 Å². The first-order valence-corrected chi connectivity index (χ1v) is 8.07. The summed E-state index contributed by atoms with van der Waals surface area (Å²) >= 11 is 3.39. The van der Waals surface area contributed by atoms with Gasteiger partial charge >= 0.3 is 0 Å². The number of rotatable bonds is 4. The Morgan fingerprint density at radius 2 is 2.25 bits per heavy atom. The molecule has 1 N–H and O–H groups in total. The van der Waals surface area contributed by atoms with E-state index < -0.39 is 0 Å². The largest absolute Gasteiger partial charge is 0.496 e. The van der Waals surface area contributed by atoms with E-state index >= 15 is 0 Å². The second-order valence-corrected chi connectivity index (χ2v) is 6.37. The predicted molar refractivity (Wildman–Crippen MR) is 84.2 cm³/mol. The minimum atomic E-state index is -0.0314. The average molecular weight is 340 g/mol. The van der Waals surface area contributed by atoms with Gasteiger partial charge in [-0.1, -0.05) is 42.1 Å². The highest BCUT2D eigenvalue weighted by atomic mass is 79.9. The van der Waals surface area contributed by atoms with Crippen LogP contribution in [0.25, 0.3) is 0 Å². The third kappa shape index (κ3) is 3.75. The first kappa shape index (κ1) is 15.4. The van der Waals surface area contributed by atoms with Crippen LogP contribution >= 0.6 is 15.9 Å². The van der Waals surface area contributed by atoms with Crippen molar-refractivity contribution in [3.63, 3.8) is 0 Å². The molecular formula is C16H22BrNO2. The number of hydrogen-bond donors (Lipinski definition) is 1. The summed E-state index contributed by atoms with van der Waals surface area (Å²) in [6.45, 7) is 2.23. The van der Waals surface area contributed by atoms with Crippen molar-refractivity contribution in [1.82, 2.24) is 5.32 Å². The molecular weight excluding hydrogens is 318 g/mol. The Morgan fingerprint density at radius 3 is 2.95 bits per heavy atom. The van der Waals surface area contributed by atoms with Crippen LogP contribution < -0.4 is 10.1 Å². The maximum atomic E-state index is 12.4. The van der Waals surface area contributed by atoms with Crippen molar-refractivity contribution in [3.05, 3.63) is 28.2 Å². The molecule has 0 radical (unpaired) electrons. The highest BCUT2D eigenvalue weighted by Crippen LogP contribution is 2.28. The summed E-state index contributed by atoms with van der Waals surface area (Å²) in [5, 5.41) is 3.16. The maximum Gasteiger partial charge on any atom is 0.255 e. The van der Waals surface area contributed by atoms with Gasteiger partial charge in [0.1, 0.15) is 5.75 Å². The summed E-state index contributed by atoms with van der Waals surface area (Å²) in [6.07, 6.45) is 5.89. The van der Waals surface area contributed by atoms with Gasteiger partial charge in [-0.2, -0.15) is 0 Å². The van der Waals surface area contributed by atoms with Gasteiger partial charge in [0, 0.05) is 10.5 Å². The lowest BCUT2D eigenvalue weighted by molar-refractivity contribution is 0.0916. The van der Waals surface area contributed by atoms with E-state index in [1.165, 1.54) is 19.3 Å². The average Bonchev–Trinajstić information content (AvgIpc) is 2.47. The van der Waals surface area contributed by atoms with Crippen molar-refractivity contribution in [2.75, 3.05) is 7.11 Å². The number of nitrogens with one attached hydrogen (secondary N) is 1. The van der Waals surface area contributed by atoms with Gasteiger partial charge in [0.05, 0.1) is 12.7 Å². The minimum absolute atomic E-state index is 0.0314. The van der Waals surface area contributed by atoms with Crippen LogP contribution in [0.4, 0.5) is 0 Å². The van der Waals surface area contributed by atoms with E-state index in [9.17, 15) is 4.79 Å². The Morgan fingerprint density at radius 1 is 1.45 bits per heavy atom. The monoisotopic (exact) mass is 339 g/mol. The lowest BCUT2D eigenvalue weighted by atomic mass is 9.84. The number of carbonyl (C=O) groups is 1. The van der Waals surface area contributed by atoms with Crippen molar-refractivity contribution >= 4 is 21.8 Å². The van der Waals surface area contributed by atoms with Gasteiger partial charge in [0.15, 0.2) is 0 Å². The van der Waals surface area contributed by atoms with Crippen LogP contribution in [0, 0.1) is 5.92 Å². The lowest BCUT2D eigenvalue weighted by Crippen LogP contribution is -2.38. The van der Waals surface area contributed by atoms with E-state index in [1.807, 2.05) is 12.1 Å². The quantitative estimate of drug-likeness (QED) is 0.894. The van der Waals surface area contributed by atoms with Gasteiger partial charge in [0.2, 0.25) is 0 Å². The molecule has 1 aromatic carbocycles. The summed E-state index contributed by atoms with van der Waals surface area (Å²) in [5.41, 5.74) is 0.606. The van der Waals surface area contributed by atoms with Crippen LogP contribution in [0.1, 0.15) is 49.4 Å². The van der Waals surface area contributed by atoms with Crippen molar-refractivity contribution in [1.29, 1.82) is 0 Å². The zero-order valence-corrected chi connectivity index (χ0v) is 13.7. The van der Waals surface area contributed by atoms with Gasteiger partial charge in [-0.3, -0.25) is 4.79 Å². The number of hydrogen-bond acceptors (Lipinski definition) is 2. The summed E-state index contributed by atoms with van der Waals surface area (Å²) in [4.78, 5) is 12.4. The molecule has 1 aliphatic carbocycles. The van der Waals surface area contributed by atoms with Gasteiger partial charge in [0.25, 0.3) is 5.91 Å². The molecule has 0 heterocycles. The summed E-state index contributed by atoms with van der Waals surface area (Å²) in [7, 11) is 1.59. The fourth-order valence-electron chi connectivity index (χ4n) is 2.91. The molecule has 20 heavy (non-hydrogen) atoms. The maximum absolute atomic E-state index is 12.4. The molecule has 2 atom stereocenters. The van der Waals surface area contributed by atoms with Crippen molar-refractivity contribution in [2.45, 2.75) is 45.1 Å². The molecule has 2 rings (SSSR count). The Kier molecular flexibility index (Phi) is 5.46. The zero-order valence-electron chi connectivity index (χ0n) is 12.1. The Labute approximate surface area is 129 Å². The molecule has 110 valence electrons. The van der Waals surface area contributed by atoms with Gasteiger partial charge in [-0.05, 0) is 37.0 Å². The smallest absolute Gasteiger partial charge is 0.255 e. The topological polar surface area (TPSA) is 38.3 Å². The summed E-state index contributed by atoms with van der Waals surface area (Å²) in [5.74, 6) is 1.33. The van der Waals surface area contributed by atoms with E-state index in [1.54, 1.807) is 13.2 Å². The van der Waals surface area contributed by atoms with E-state index in [0.29, 0.717) is 17.4 Å². The molecule has 1 fully saturated rings. The molecule has 0 aromatic heterocycles. The van der Waals surface area contributed by atoms with Gasteiger partial charge in [-0.15, -0.1) is 0 Å². The SMILES string of the molecule is CCC1CCCC(NC(=O)c2ccc(Br)cc2OC)C1. The Hall–Kier alpha value is -1.03. The van der Waals surface area contributed by atoms with E-state index in [0.717, 1.165) is 23.2 Å². The number of halogens is 1. The highest BCUT2D eigenvalue weighted by molar-refractivity contribution is 9.10. The molecule has 0 bridgehead atoms. The number of amides is 1. The van der Waals surface area contributed by atoms with Crippen molar-refractivity contribution < 1.29 is 9.53 Å². The fourth-order valence-corrected chi connectivity index (χ4v) is 3.25. The highest BCUT2D eigenvalue weighted by Gasteiger charge is 2.23. The first-order chi connectivity index (χ1) is 9.63. The van der Waals surface area contributed by atoms with Crippen LogP contribution in [0.2, 0.25) is 0 Å². The molecule has 0 aliphatic heterocycles. The molecule has 2 unspecified atom stereocenters. The first-order valence-electron chi connectivity index (χ1n) is 7.28. The van der Waals surface area contributed by atoms with E-state index in [-0.39, 0.29) is 5.91 Å². The number of benzene rings is 1.